The minimum atomic E-state index is 0.627. The van der Waals surface area contributed by atoms with E-state index in [0.717, 1.165) is 11.8 Å². The summed E-state index contributed by atoms with van der Waals surface area (Å²) in [4.78, 5) is 0. The topological polar surface area (TPSA) is 12.0 Å². The molecule has 0 aliphatic heterocycles. The van der Waals surface area contributed by atoms with Crippen LogP contribution >= 0.6 is 0 Å². The summed E-state index contributed by atoms with van der Waals surface area (Å²) < 4.78 is 0. The van der Waals surface area contributed by atoms with Crippen LogP contribution in [0.2, 0.25) is 0 Å². The molecule has 3 rings (SSSR count). The Morgan fingerprint density at radius 1 is 1.38 bits per heavy atom. The van der Waals surface area contributed by atoms with Crippen LogP contribution in [0.5, 0.6) is 0 Å². The van der Waals surface area contributed by atoms with Gasteiger partial charge in [0, 0.05) is 6.04 Å². The van der Waals surface area contributed by atoms with Crippen LogP contribution in [0.25, 0.3) is 0 Å². The Bertz CT molecular complexity index is 396. The van der Waals surface area contributed by atoms with Gasteiger partial charge in [-0.1, -0.05) is 30.7 Å². The first-order valence-electron chi connectivity index (χ1n) is 6.57. The fraction of sp³-hybridized carbons (Fsp3) is 0.600. The highest BCUT2D eigenvalue weighted by atomic mass is 14.9. The van der Waals surface area contributed by atoms with E-state index in [0.29, 0.717) is 6.04 Å². The molecule has 3 unspecified atom stereocenters. The molecule has 1 N–H and O–H groups in total. The van der Waals surface area contributed by atoms with Crippen molar-refractivity contribution in [3.63, 3.8) is 0 Å². The van der Waals surface area contributed by atoms with Crippen LogP contribution in [-0.2, 0) is 6.42 Å². The molecule has 0 aromatic heterocycles. The van der Waals surface area contributed by atoms with Gasteiger partial charge < -0.3 is 5.32 Å². The third-order valence-corrected chi connectivity index (χ3v) is 4.28. The van der Waals surface area contributed by atoms with E-state index in [9.17, 15) is 0 Å². The summed E-state index contributed by atoms with van der Waals surface area (Å²) in [5.41, 5.74) is 4.52. The maximum absolute atomic E-state index is 3.76. The Balaban J connectivity index is 1.68. The monoisotopic (exact) mass is 215 g/mol. The van der Waals surface area contributed by atoms with Crippen molar-refractivity contribution in [1.82, 2.24) is 5.32 Å². The fourth-order valence-corrected chi connectivity index (χ4v) is 2.91. The average molecular weight is 215 g/mol. The van der Waals surface area contributed by atoms with E-state index < -0.39 is 0 Å². The number of hydrogen-bond donors (Lipinski definition) is 1. The average Bonchev–Trinajstić information content (AvgIpc) is 2.83. The number of nitrogens with one attached hydrogen (secondary N) is 1. The summed E-state index contributed by atoms with van der Waals surface area (Å²) in [5, 5.41) is 3.76. The van der Waals surface area contributed by atoms with Crippen molar-refractivity contribution in [3.8, 4) is 0 Å². The Morgan fingerprint density at radius 3 is 2.94 bits per heavy atom. The first-order chi connectivity index (χ1) is 7.74. The number of fused-ring (bicyclic) bond motifs is 1. The lowest BCUT2D eigenvalue weighted by molar-refractivity contribution is 0.502. The normalized spacial score (nSPS) is 31.5. The van der Waals surface area contributed by atoms with Gasteiger partial charge in [-0.05, 0) is 55.7 Å². The zero-order valence-electron chi connectivity index (χ0n) is 10.3. The molecule has 1 aromatic rings. The van der Waals surface area contributed by atoms with Crippen molar-refractivity contribution in [1.29, 1.82) is 0 Å². The fourth-order valence-electron chi connectivity index (χ4n) is 2.91. The molecule has 3 atom stereocenters. The molecule has 0 bridgehead atoms. The van der Waals surface area contributed by atoms with Gasteiger partial charge in [0.25, 0.3) is 0 Å². The number of aryl methyl sites for hydroxylation is 2. The summed E-state index contributed by atoms with van der Waals surface area (Å²) in [5.74, 6) is 1.92. The first-order valence-corrected chi connectivity index (χ1v) is 6.57. The van der Waals surface area contributed by atoms with Crippen molar-refractivity contribution in [2.75, 3.05) is 6.54 Å². The number of hydrogen-bond acceptors (Lipinski definition) is 1. The van der Waals surface area contributed by atoms with Gasteiger partial charge in [0.15, 0.2) is 0 Å². The molecular weight excluding hydrogens is 194 g/mol. The van der Waals surface area contributed by atoms with E-state index in [1.165, 1.54) is 31.4 Å². The minimum absolute atomic E-state index is 0.627. The highest BCUT2D eigenvalue weighted by Crippen LogP contribution is 2.38. The molecule has 2 aliphatic rings. The van der Waals surface area contributed by atoms with E-state index in [4.69, 9.17) is 0 Å². The summed E-state index contributed by atoms with van der Waals surface area (Å²) >= 11 is 0. The van der Waals surface area contributed by atoms with Gasteiger partial charge in [-0.3, -0.25) is 0 Å². The molecular formula is C15H21N. The lowest BCUT2D eigenvalue weighted by Crippen LogP contribution is -2.22. The molecule has 1 nitrogen and oxygen atoms in total. The Morgan fingerprint density at radius 2 is 2.19 bits per heavy atom. The van der Waals surface area contributed by atoms with Crippen molar-refractivity contribution < 1.29 is 0 Å². The lowest BCUT2D eigenvalue weighted by atomic mass is 10.0. The van der Waals surface area contributed by atoms with E-state index in [1.54, 1.807) is 11.1 Å². The smallest absolute Gasteiger partial charge is 0.0326 e. The molecule has 2 aliphatic carbocycles. The van der Waals surface area contributed by atoms with E-state index >= 15 is 0 Å². The zero-order chi connectivity index (χ0) is 11.1. The molecule has 1 saturated carbocycles. The zero-order valence-corrected chi connectivity index (χ0v) is 10.3. The Labute approximate surface area is 98.3 Å². The highest BCUT2D eigenvalue weighted by molar-refractivity contribution is 5.37. The second-order valence-corrected chi connectivity index (χ2v) is 5.67. The van der Waals surface area contributed by atoms with Crippen molar-refractivity contribution >= 4 is 0 Å². The number of benzene rings is 1. The molecule has 0 radical (unpaired) electrons. The van der Waals surface area contributed by atoms with Gasteiger partial charge in [0.2, 0.25) is 0 Å². The van der Waals surface area contributed by atoms with Crippen molar-refractivity contribution in [3.05, 3.63) is 34.9 Å². The van der Waals surface area contributed by atoms with Gasteiger partial charge in [0.05, 0.1) is 0 Å². The van der Waals surface area contributed by atoms with Crippen LogP contribution < -0.4 is 5.32 Å². The molecule has 16 heavy (non-hydrogen) atoms. The quantitative estimate of drug-likeness (QED) is 0.816. The number of rotatable bonds is 3. The summed E-state index contributed by atoms with van der Waals surface area (Å²) in [6.07, 6.45) is 3.98. The standard InChI is InChI=1S/C15H21N/c1-10-3-4-12-5-6-15(14(12)7-10)16-9-13-8-11(13)2/h3-4,7,11,13,15-16H,5-6,8-9H2,1-2H3. The molecule has 0 heterocycles. The SMILES string of the molecule is Cc1ccc2c(c1)C(NCC1CC1C)CC2. The third-order valence-electron chi connectivity index (χ3n) is 4.28. The van der Waals surface area contributed by atoms with Gasteiger partial charge in [-0.15, -0.1) is 0 Å². The highest BCUT2D eigenvalue weighted by Gasteiger charge is 2.33. The summed E-state index contributed by atoms with van der Waals surface area (Å²) in [6, 6.07) is 7.55. The van der Waals surface area contributed by atoms with Crippen molar-refractivity contribution in [2.24, 2.45) is 11.8 Å². The minimum Gasteiger partial charge on any atom is -0.310 e. The molecule has 0 spiro atoms. The molecule has 1 fully saturated rings. The van der Waals surface area contributed by atoms with Crippen LogP contribution in [0.3, 0.4) is 0 Å². The van der Waals surface area contributed by atoms with Crippen LogP contribution in [0, 0.1) is 18.8 Å². The van der Waals surface area contributed by atoms with Gasteiger partial charge in [-0.25, -0.2) is 0 Å². The molecule has 1 aromatic carbocycles. The largest absolute Gasteiger partial charge is 0.310 e. The Hall–Kier alpha value is -0.820. The van der Waals surface area contributed by atoms with Crippen LogP contribution in [-0.4, -0.2) is 6.54 Å². The summed E-state index contributed by atoms with van der Waals surface area (Å²) in [7, 11) is 0. The third kappa shape index (κ3) is 1.89. The molecule has 0 saturated heterocycles. The maximum atomic E-state index is 3.76. The van der Waals surface area contributed by atoms with Gasteiger partial charge in [0.1, 0.15) is 0 Å². The van der Waals surface area contributed by atoms with Gasteiger partial charge in [-0.2, -0.15) is 0 Å². The van der Waals surface area contributed by atoms with Crippen LogP contribution in [0.15, 0.2) is 18.2 Å². The van der Waals surface area contributed by atoms with Gasteiger partial charge >= 0.3 is 0 Å². The summed E-state index contributed by atoms with van der Waals surface area (Å²) in [6.45, 7) is 5.77. The van der Waals surface area contributed by atoms with Crippen molar-refractivity contribution in [2.45, 2.75) is 39.2 Å². The first kappa shape index (κ1) is 10.3. The molecule has 1 heteroatoms. The molecule has 86 valence electrons. The second-order valence-electron chi connectivity index (χ2n) is 5.67. The predicted molar refractivity (Wildman–Crippen MR) is 67.5 cm³/mol. The molecule has 0 amide bonds. The van der Waals surface area contributed by atoms with E-state index in [1.807, 2.05) is 0 Å². The van der Waals surface area contributed by atoms with E-state index in [-0.39, 0.29) is 0 Å². The lowest BCUT2D eigenvalue weighted by Gasteiger charge is -2.14. The predicted octanol–water partition coefficient (Wildman–Crippen LogP) is 3.23. The van der Waals surface area contributed by atoms with Crippen LogP contribution in [0.1, 0.15) is 42.5 Å². The van der Waals surface area contributed by atoms with E-state index in [2.05, 4.69) is 37.4 Å². The second kappa shape index (κ2) is 3.89. The Kier molecular flexibility index (Phi) is 2.51. The van der Waals surface area contributed by atoms with Crippen LogP contribution in [0.4, 0.5) is 0 Å². The maximum Gasteiger partial charge on any atom is 0.0326 e.